The zero-order valence-corrected chi connectivity index (χ0v) is 9.02. The van der Waals surface area contributed by atoms with Crippen molar-refractivity contribution in [3.8, 4) is 0 Å². The van der Waals surface area contributed by atoms with Crippen molar-refractivity contribution in [2.45, 2.75) is 32.6 Å². The van der Waals surface area contributed by atoms with Gasteiger partial charge in [0.1, 0.15) is 5.82 Å². The molecule has 82 valence electrons. The van der Waals surface area contributed by atoms with Crippen LogP contribution in [0.2, 0.25) is 0 Å². The highest BCUT2D eigenvalue weighted by molar-refractivity contribution is 5.83. The molecular weight excluding hydrogens is 191 g/mol. The largest absolute Gasteiger partial charge is 0.396 e. The van der Waals surface area contributed by atoms with Crippen molar-refractivity contribution in [3.05, 3.63) is 29.6 Å². The Kier molecular flexibility index (Phi) is 4.28. The van der Waals surface area contributed by atoms with Gasteiger partial charge in [-0.15, -0.1) is 0 Å². The van der Waals surface area contributed by atoms with E-state index in [9.17, 15) is 4.39 Å². The molecule has 0 amide bonds. The molecule has 3 N–H and O–H groups in total. The third kappa shape index (κ3) is 3.70. The second-order valence-corrected chi connectivity index (χ2v) is 3.74. The van der Waals surface area contributed by atoms with Gasteiger partial charge >= 0.3 is 0 Å². The molecule has 0 bridgehead atoms. The zero-order valence-electron chi connectivity index (χ0n) is 9.02. The Morgan fingerprint density at radius 3 is 2.80 bits per heavy atom. The highest BCUT2D eigenvalue weighted by atomic mass is 19.1. The van der Waals surface area contributed by atoms with E-state index in [-0.39, 0.29) is 5.69 Å². The Balaban J connectivity index is 2.57. The van der Waals surface area contributed by atoms with Crippen molar-refractivity contribution >= 4 is 11.4 Å². The van der Waals surface area contributed by atoms with Gasteiger partial charge in [-0.3, -0.25) is 0 Å². The number of hydrogen-bond donors (Lipinski definition) is 2. The lowest BCUT2D eigenvalue weighted by Gasteiger charge is -2.04. The lowest BCUT2D eigenvalue weighted by Crippen LogP contribution is -2.02. The smallest absolute Gasteiger partial charge is 0.146 e. The quantitative estimate of drug-likeness (QED) is 0.566. The summed E-state index contributed by atoms with van der Waals surface area (Å²) in [5, 5.41) is 7.70. The predicted octanol–water partition coefficient (Wildman–Crippen LogP) is 3.16. The van der Waals surface area contributed by atoms with E-state index in [0.717, 1.165) is 24.8 Å². The van der Waals surface area contributed by atoms with Crippen molar-refractivity contribution in [1.82, 2.24) is 0 Å². The van der Waals surface area contributed by atoms with E-state index in [2.05, 4.69) is 6.92 Å². The molecule has 0 aliphatic rings. The monoisotopic (exact) mass is 208 g/mol. The van der Waals surface area contributed by atoms with Gasteiger partial charge in [0.25, 0.3) is 0 Å². The minimum atomic E-state index is -0.393. The molecule has 3 heteroatoms. The van der Waals surface area contributed by atoms with E-state index in [1.165, 1.54) is 6.07 Å². The third-order valence-corrected chi connectivity index (χ3v) is 2.31. The van der Waals surface area contributed by atoms with Crippen molar-refractivity contribution in [2.75, 3.05) is 5.73 Å². The highest BCUT2D eigenvalue weighted by Crippen LogP contribution is 2.13. The van der Waals surface area contributed by atoms with E-state index >= 15 is 0 Å². The molecule has 0 unspecified atom stereocenters. The maximum atomic E-state index is 13.1. The summed E-state index contributed by atoms with van der Waals surface area (Å²) in [5.41, 5.74) is 7.01. The molecule has 0 aromatic heterocycles. The van der Waals surface area contributed by atoms with Crippen molar-refractivity contribution in [1.29, 1.82) is 5.41 Å². The Bertz CT molecular complexity index is 347. The average molecular weight is 208 g/mol. The van der Waals surface area contributed by atoms with Gasteiger partial charge in [0, 0.05) is 12.1 Å². The number of benzene rings is 1. The minimum Gasteiger partial charge on any atom is -0.396 e. The maximum absolute atomic E-state index is 13.1. The van der Waals surface area contributed by atoms with E-state index in [1.807, 2.05) is 0 Å². The first-order valence-corrected chi connectivity index (χ1v) is 5.23. The van der Waals surface area contributed by atoms with Crippen LogP contribution in [0, 0.1) is 11.2 Å². The first-order valence-electron chi connectivity index (χ1n) is 5.23. The molecule has 0 fully saturated rings. The summed E-state index contributed by atoms with van der Waals surface area (Å²) in [5.74, 6) is -0.393. The third-order valence-electron chi connectivity index (χ3n) is 2.31. The second kappa shape index (κ2) is 5.49. The summed E-state index contributed by atoms with van der Waals surface area (Å²) >= 11 is 0. The van der Waals surface area contributed by atoms with Crippen LogP contribution in [0.1, 0.15) is 31.7 Å². The van der Waals surface area contributed by atoms with Gasteiger partial charge in [-0.05, 0) is 30.5 Å². The van der Waals surface area contributed by atoms with Gasteiger partial charge in [0.2, 0.25) is 0 Å². The number of nitrogens with one attached hydrogen (secondary N) is 1. The van der Waals surface area contributed by atoms with Gasteiger partial charge < -0.3 is 11.1 Å². The predicted molar refractivity (Wildman–Crippen MR) is 61.8 cm³/mol. The Morgan fingerprint density at radius 1 is 1.47 bits per heavy atom. The van der Waals surface area contributed by atoms with Crippen LogP contribution in [-0.2, 0) is 6.42 Å². The Hall–Kier alpha value is -1.38. The molecule has 1 aromatic rings. The fraction of sp³-hybridized carbons (Fsp3) is 0.417. The minimum absolute atomic E-state index is 0.166. The number of anilines is 1. The molecule has 15 heavy (non-hydrogen) atoms. The van der Waals surface area contributed by atoms with Crippen LogP contribution in [0.5, 0.6) is 0 Å². The highest BCUT2D eigenvalue weighted by Gasteiger charge is 2.03. The average Bonchev–Trinajstić information content (AvgIpc) is 2.20. The summed E-state index contributed by atoms with van der Waals surface area (Å²) in [4.78, 5) is 0. The lowest BCUT2D eigenvalue weighted by atomic mass is 10.0. The van der Waals surface area contributed by atoms with Gasteiger partial charge in [0.05, 0.1) is 5.69 Å². The van der Waals surface area contributed by atoms with Crippen LogP contribution in [0.3, 0.4) is 0 Å². The number of nitrogens with two attached hydrogens (primary N) is 1. The van der Waals surface area contributed by atoms with Gasteiger partial charge in [-0.2, -0.15) is 0 Å². The first-order chi connectivity index (χ1) is 7.13. The molecular formula is C12H17FN2. The van der Waals surface area contributed by atoms with Gasteiger partial charge in [-0.1, -0.05) is 19.4 Å². The molecule has 0 radical (unpaired) electrons. The number of unbranched alkanes of at least 4 members (excludes halogenated alkanes) is 1. The summed E-state index contributed by atoms with van der Waals surface area (Å²) in [6.07, 6.45) is 3.43. The van der Waals surface area contributed by atoms with Gasteiger partial charge in [-0.25, -0.2) is 4.39 Å². The zero-order chi connectivity index (χ0) is 11.3. The number of halogens is 1. The van der Waals surface area contributed by atoms with E-state index in [4.69, 9.17) is 11.1 Å². The van der Waals surface area contributed by atoms with Crippen LogP contribution in [0.4, 0.5) is 10.1 Å². The topological polar surface area (TPSA) is 49.9 Å². The number of nitrogen functional groups attached to an aromatic ring is 1. The van der Waals surface area contributed by atoms with Gasteiger partial charge in [0.15, 0.2) is 0 Å². The molecule has 0 spiro atoms. The Morgan fingerprint density at radius 2 is 2.20 bits per heavy atom. The van der Waals surface area contributed by atoms with E-state index in [0.29, 0.717) is 12.1 Å². The molecule has 2 nitrogen and oxygen atoms in total. The van der Waals surface area contributed by atoms with Crippen molar-refractivity contribution < 1.29 is 4.39 Å². The number of rotatable bonds is 5. The molecule has 0 saturated heterocycles. The SMILES string of the molecule is CCCCC(=N)Cc1ccc(N)c(F)c1. The molecule has 0 aliphatic heterocycles. The van der Waals surface area contributed by atoms with E-state index in [1.54, 1.807) is 12.1 Å². The van der Waals surface area contributed by atoms with Crippen LogP contribution in [-0.4, -0.2) is 5.71 Å². The van der Waals surface area contributed by atoms with Crippen molar-refractivity contribution in [2.24, 2.45) is 0 Å². The maximum Gasteiger partial charge on any atom is 0.146 e. The van der Waals surface area contributed by atoms with Crippen LogP contribution < -0.4 is 5.73 Å². The first kappa shape index (κ1) is 11.7. The molecule has 0 heterocycles. The fourth-order valence-corrected chi connectivity index (χ4v) is 1.41. The van der Waals surface area contributed by atoms with Crippen LogP contribution in [0.15, 0.2) is 18.2 Å². The summed E-state index contributed by atoms with van der Waals surface area (Å²) in [6, 6.07) is 4.74. The molecule has 0 atom stereocenters. The van der Waals surface area contributed by atoms with E-state index < -0.39 is 5.82 Å². The van der Waals surface area contributed by atoms with Crippen LogP contribution >= 0.6 is 0 Å². The Labute approximate surface area is 89.8 Å². The second-order valence-electron chi connectivity index (χ2n) is 3.74. The lowest BCUT2D eigenvalue weighted by molar-refractivity contribution is 0.631. The summed E-state index contributed by atoms with van der Waals surface area (Å²) in [6.45, 7) is 2.09. The molecule has 0 aliphatic carbocycles. The van der Waals surface area contributed by atoms with Crippen molar-refractivity contribution in [3.63, 3.8) is 0 Å². The number of hydrogen-bond acceptors (Lipinski definition) is 2. The fourth-order valence-electron chi connectivity index (χ4n) is 1.41. The van der Waals surface area contributed by atoms with Crippen LogP contribution in [0.25, 0.3) is 0 Å². The molecule has 0 saturated carbocycles. The summed E-state index contributed by atoms with van der Waals surface area (Å²) < 4.78 is 13.1. The standard InChI is InChI=1S/C12H17FN2/c1-2-3-4-10(14)7-9-5-6-12(15)11(13)8-9/h5-6,8,14H,2-4,7,15H2,1H3. The molecule has 1 rings (SSSR count). The normalized spacial score (nSPS) is 10.3. The summed E-state index contributed by atoms with van der Waals surface area (Å²) in [7, 11) is 0. The molecule has 1 aromatic carbocycles.